The Morgan fingerprint density at radius 1 is 1.25 bits per heavy atom. The highest BCUT2D eigenvalue weighted by molar-refractivity contribution is 5.97. The predicted octanol–water partition coefficient (Wildman–Crippen LogP) is 1.19. The first-order chi connectivity index (χ1) is 12.4. The minimum Gasteiger partial charge on any atom is -0.324 e. The van der Waals surface area contributed by atoms with Gasteiger partial charge >= 0.3 is 5.69 Å². The van der Waals surface area contributed by atoms with E-state index in [2.05, 4.69) is 15.6 Å². The molecule has 10 heteroatoms. The molecule has 28 heavy (non-hydrogen) atoms. The first-order valence-corrected chi connectivity index (χ1v) is 9.02. The molecule has 1 aliphatic heterocycles. The molecule has 0 aromatic carbocycles. The Morgan fingerprint density at radius 3 is 2.75 bits per heavy atom. The van der Waals surface area contributed by atoms with Crippen molar-refractivity contribution in [2.45, 2.75) is 25.7 Å². The number of aryl methyl sites for hydroxylation is 1. The second-order valence-corrected chi connectivity index (χ2v) is 7.48. The van der Waals surface area contributed by atoms with Gasteiger partial charge in [-0.25, -0.2) is 9.78 Å². The number of rotatable bonds is 2. The van der Waals surface area contributed by atoms with E-state index in [4.69, 9.17) is 0 Å². The first-order valence-electron chi connectivity index (χ1n) is 9.02. The molecule has 2 aliphatic rings. The molecule has 2 atom stereocenters. The van der Waals surface area contributed by atoms with Crippen LogP contribution in [0.4, 0.5) is 5.69 Å². The van der Waals surface area contributed by atoms with E-state index in [1.165, 1.54) is 24.2 Å². The smallest absolute Gasteiger partial charge is 0.324 e. The van der Waals surface area contributed by atoms with Gasteiger partial charge in [0, 0.05) is 20.6 Å². The van der Waals surface area contributed by atoms with Crippen LogP contribution < -0.4 is 21.9 Å². The first kappa shape index (κ1) is 22.4. The summed E-state index contributed by atoms with van der Waals surface area (Å²) in [5, 5.41) is 6.65. The van der Waals surface area contributed by atoms with Crippen molar-refractivity contribution in [3.8, 4) is 0 Å². The molecule has 2 N–H and O–H groups in total. The van der Waals surface area contributed by atoms with Crippen molar-refractivity contribution in [1.82, 2.24) is 19.4 Å². The van der Waals surface area contributed by atoms with Crippen LogP contribution in [0.2, 0.25) is 0 Å². The Kier molecular flexibility index (Phi) is 6.58. The molecule has 0 spiro atoms. The number of nitrogens with zero attached hydrogens (tertiary/aromatic N) is 3. The Balaban J connectivity index is 0.00000140. The van der Waals surface area contributed by atoms with Crippen molar-refractivity contribution in [3.05, 3.63) is 33.1 Å². The lowest BCUT2D eigenvalue weighted by molar-refractivity contribution is -0.128. The molecule has 1 saturated heterocycles. The molecule has 1 saturated carbocycles. The number of carbonyl (C=O) groups excluding carboxylic acids is 1. The zero-order chi connectivity index (χ0) is 18.5. The highest BCUT2D eigenvalue weighted by atomic mass is 35.5. The molecular formula is C18H25Cl2N5O3. The van der Waals surface area contributed by atoms with E-state index >= 15 is 0 Å². The molecule has 8 nitrogen and oxygen atoms in total. The Labute approximate surface area is 174 Å². The zero-order valence-corrected chi connectivity index (χ0v) is 17.5. The fourth-order valence-corrected chi connectivity index (χ4v) is 4.48. The highest BCUT2D eigenvalue weighted by Gasteiger charge is 2.49. The third kappa shape index (κ3) is 3.33. The van der Waals surface area contributed by atoms with Gasteiger partial charge < -0.3 is 10.6 Å². The number of nitrogens with one attached hydrogen (secondary N) is 2. The van der Waals surface area contributed by atoms with E-state index in [1.807, 2.05) is 0 Å². The molecule has 0 bridgehead atoms. The van der Waals surface area contributed by atoms with Gasteiger partial charge in [0.15, 0.2) is 0 Å². The molecule has 2 aromatic rings. The third-order valence-electron chi connectivity index (χ3n) is 6.04. The van der Waals surface area contributed by atoms with Crippen molar-refractivity contribution >= 4 is 47.4 Å². The van der Waals surface area contributed by atoms with Crippen molar-refractivity contribution in [2.75, 3.05) is 18.4 Å². The summed E-state index contributed by atoms with van der Waals surface area (Å²) >= 11 is 0. The normalized spacial score (nSPS) is 23.4. The van der Waals surface area contributed by atoms with Crippen LogP contribution in [-0.4, -0.2) is 33.1 Å². The quantitative estimate of drug-likeness (QED) is 0.746. The van der Waals surface area contributed by atoms with Crippen LogP contribution in [0.3, 0.4) is 0 Å². The predicted molar refractivity (Wildman–Crippen MR) is 113 cm³/mol. The summed E-state index contributed by atoms with van der Waals surface area (Å²) in [4.78, 5) is 41.7. The molecule has 2 fully saturated rings. The average molecular weight is 430 g/mol. The number of aromatic nitrogens is 3. The second-order valence-electron chi connectivity index (χ2n) is 7.48. The monoisotopic (exact) mass is 429 g/mol. The molecule has 0 unspecified atom stereocenters. The summed E-state index contributed by atoms with van der Waals surface area (Å²) in [6.45, 7) is 1.58. The van der Waals surface area contributed by atoms with Gasteiger partial charge in [-0.15, -0.1) is 24.8 Å². The van der Waals surface area contributed by atoms with Gasteiger partial charge in [-0.3, -0.25) is 18.7 Å². The van der Waals surface area contributed by atoms with Gasteiger partial charge in [0.25, 0.3) is 5.56 Å². The number of anilines is 1. The SMILES string of the molecule is Cl.Cl.Cn1c(=O)c2cc(NC(=O)[C@@]34CCCC[C@H]3CNC4)cnc2n(C)c1=O. The summed E-state index contributed by atoms with van der Waals surface area (Å²) in [5.74, 6) is 0.355. The molecule has 4 rings (SSSR count). The Morgan fingerprint density at radius 2 is 2.00 bits per heavy atom. The van der Waals surface area contributed by atoms with Gasteiger partial charge in [-0.2, -0.15) is 0 Å². The Hall–Kier alpha value is -1.90. The summed E-state index contributed by atoms with van der Waals surface area (Å²) in [6.07, 6.45) is 5.69. The number of amides is 1. The van der Waals surface area contributed by atoms with Crippen molar-refractivity contribution in [1.29, 1.82) is 0 Å². The van der Waals surface area contributed by atoms with Crippen LogP contribution in [0.15, 0.2) is 21.9 Å². The van der Waals surface area contributed by atoms with Gasteiger partial charge in [0.2, 0.25) is 5.91 Å². The maximum absolute atomic E-state index is 13.1. The van der Waals surface area contributed by atoms with Gasteiger partial charge in [0.1, 0.15) is 5.65 Å². The minimum absolute atomic E-state index is 0. The number of pyridine rings is 1. The number of hydrogen-bond donors (Lipinski definition) is 2. The summed E-state index contributed by atoms with van der Waals surface area (Å²) in [5.41, 5.74) is -0.409. The van der Waals surface area contributed by atoms with Gasteiger partial charge in [0.05, 0.1) is 22.7 Å². The maximum atomic E-state index is 13.1. The summed E-state index contributed by atoms with van der Waals surface area (Å²) in [7, 11) is 3.01. The van der Waals surface area contributed by atoms with Crippen LogP contribution in [0.5, 0.6) is 0 Å². The highest BCUT2D eigenvalue weighted by Crippen LogP contribution is 2.44. The molecule has 2 aromatic heterocycles. The molecule has 1 aliphatic carbocycles. The zero-order valence-electron chi connectivity index (χ0n) is 15.9. The van der Waals surface area contributed by atoms with E-state index in [1.54, 1.807) is 13.1 Å². The molecule has 154 valence electrons. The standard InChI is InChI=1S/C18H23N5O3.2ClH/c1-22-14-13(15(24)23(2)17(22)26)7-12(9-20-14)21-16(25)18-6-4-3-5-11(18)8-19-10-18;;/h7,9,11,19H,3-6,8,10H2,1-2H3,(H,21,25);2*1H/t11-,18+;;/m0../s1. The maximum Gasteiger partial charge on any atom is 0.332 e. The second kappa shape index (κ2) is 8.23. The van der Waals surface area contributed by atoms with E-state index in [0.29, 0.717) is 29.2 Å². The van der Waals surface area contributed by atoms with E-state index in [-0.39, 0.29) is 36.1 Å². The van der Waals surface area contributed by atoms with E-state index < -0.39 is 11.2 Å². The van der Waals surface area contributed by atoms with E-state index in [0.717, 1.165) is 30.4 Å². The molecule has 3 heterocycles. The third-order valence-corrected chi connectivity index (χ3v) is 6.04. The minimum atomic E-state index is -0.423. The molecular weight excluding hydrogens is 405 g/mol. The lowest BCUT2D eigenvalue weighted by atomic mass is 9.67. The molecule has 1 amide bonds. The van der Waals surface area contributed by atoms with Crippen molar-refractivity contribution < 1.29 is 4.79 Å². The van der Waals surface area contributed by atoms with Gasteiger partial charge in [-0.1, -0.05) is 12.8 Å². The molecule has 0 radical (unpaired) electrons. The van der Waals surface area contributed by atoms with Crippen molar-refractivity contribution in [2.24, 2.45) is 25.4 Å². The summed E-state index contributed by atoms with van der Waals surface area (Å²) < 4.78 is 2.38. The Bertz CT molecular complexity index is 1020. The average Bonchev–Trinajstić information content (AvgIpc) is 3.10. The fourth-order valence-electron chi connectivity index (χ4n) is 4.48. The largest absolute Gasteiger partial charge is 0.332 e. The van der Waals surface area contributed by atoms with Crippen LogP contribution >= 0.6 is 24.8 Å². The topological polar surface area (TPSA) is 98.0 Å². The van der Waals surface area contributed by atoms with Gasteiger partial charge in [-0.05, 0) is 31.4 Å². The van der Waals surface area contributed by atoms with Crippen LogP contribution in [0.1, 0.15) is 25.7 Å². The lowest BCUT2D eigenvalue weighted by Gasteiger charge is -2.37. The number of carbonyl (C=O) groups is 1. The van der Waals surface area contributed by atoms with Crippen molar-refractivity contribution in [3.63, 3.8) is 0 Å². The fraction of sp³-hybridized carbons (Fsp3) is 0.556. The number of halogens is 2. The lowest BCUT2D eigenvalue weighted by Crippen LogP contribution is -2.44. The van der Waals surface area contributed by atoms with Crippen LogP contribution in [-0.2, 0) is 18.9 Å². The van der Waals surface area contributed by atoms with Crippen LogP contribution in [0, 0.1) is 11.3 Å². The number of hydrogen-bond acceptors (Lipinski definition) is 5. The van der Waals surface area contributed by atoms with Crippen LogP contribution in [0.25, 0.3) is 11.0 Å². The number of fused-ring (bicyclic) bond motifs is 2. The summed E-state index contributed by atoms with van der Waals surface area (Å²) in [6, 6.07) is 1.61. The van der Waals surface area contributed by atoms with E-state index in [9.17, 15) is 14.4 Å².